The van der Waals surface area contributed by atoms with Gasteiger partial charge in [0, 0.05) is 23.9 Å². The highest BCUT2D eigenvalue weighted by Gasteiger charge is 2.16. The number of rotatable bonds is 3. The summed E-state index contributed by atoms with van der Waals surface area (Å²) in [6.07, 6.45) is -0.829. The van der Waals surface area contributed by atoms with E-state index in [1.165, 1.54) is 18.4 Å². The quantitative estimate of drug-likeness (QED) is 0.727. The van der Waals surface area contributed by atoms with E-state index in [-0.39, 0.29) is 6.54 Å². The largest absolute Gasteiger partial charge is 0.387 e. The fourth-order valence-corrected chi connectivity index (χ4v) is 2.76. The van der Waals surface area contributed by atoms with Crippen LogP contribution in [0.2, 0.25) is 0 Å². The lowest BCUT2D eigenvalue weighted by atomic mass is 10.1. The summed E-state index contributed by atoms with van der Waals surface area (Å²) in [5.41, 5.74) is 0.762. The minimum absolute atomic E-state index is 0.00693. The monoisotopic (exact) mass is 278 g/mol. The topological polar surface area (TPSA) is 78.4 Å². The number of carbonyl (C=O) groups is 2. The van der Waals surface area contributed by atoms with Gasteiger partial charge in [0.05, 0.1) is 6.10 Å². The molecule has 1 aromatic carbocycles. The Balaban J connectivity index is 2.06. The van der Waals surface area contributed by atoms with Gasteiger partial charge in [-0.25, -0.2) is 0 Å². The molecule has 0 saturated heterocycles. The van der Waals surface area contributed by atoms with Crippen molar-refractivity contribution < 1.29 is 14.7 Å². The number of benzene rings is 1. The van der Waals surface area contributed by atoms with E-state index in [1.807, 2.05) is 29.6 Å². The van der Waals surface area contributed by atoms with E-state index >= 15 is 0 Å². The molecule has 0 fully saturated rings. The lowest BCUT2D eigenvalue weighted by molar-refractivity contribution is -0.139. The van der Waals surface area contributed by atoms with Gasteiger partial charge in [0.1, 0.15) is 0 Å². The minimum Gasteiger partial charge on any atom is -0.387 e. The summed E-state index contributed by atoms with van der Waals surface area (Å²) in [6, 6.07) is 7.72. The number of thiophene rings is 1. The van der Waals surface area contributed by atoms with Crippen molar-refractivity contribution in [3.63, 3.8) is 0 Å². The molecule has 0 aliphatic heterocycles. The van der Waals surface area contributed by atoms with Crippen LogP contribution < -0.4 is 10.6 Å². The number of fused-ring (bicyclic) bond motifs is 1. The molecule has 0 saturated carbocycles. The van der Waals surface area contributed by atoms with Crippen LogP contribution in [-0.4, -0.2) is 30.5 Å². The Morgan fingerprint density at radius 1 is 1.32 bits per heavy atom. The Morgan fingerprint density at radius 2 is 2.05 bits per heavy atom. The third-order valence-corrected chi connectivity index (χ3v) is 3.74. The van der Waals surface area contributed by atoms with Crippen molar-refractivity contribution in [2.24, 2.45) is 0 Å². The number of hydrogen-bond donors (Lipinski definition) is 3. The van der Waals surface area contributed by atoms with Crippen LogP contribution in [0.4, 0.5) is 0 Å². The van der Waals surface area contributed by atoms with E-state index in [2.05, 4.69) is 10.6 Å². The molecule has 2 amide bonds. The first-order chi connectivity index (χ1) is 9.13. The molecule has 100 valence electrons. The van der Waals surface area contributed by atoms with Crippen molar-refractivity contribution in [3.8, 4) is 0 Å². The highest BCUT2D eigenvalue weighted by molar-refractivity contribution is 7.17. The molecule has 0 aliphatic rings. The average molecular weight is 278 g/mol. The fourth-order valence-electron chi connectivity index (χ4n) is 1.75. The van der Waals surface area contributed by atoms with Gasteiger partial charge in [-0.1, -0.05) is 18.2 Å². The highest BCUT2D eigenvalue weighted by atomic mass is 32.1. The standard InChI is InChI=1S/C13H14N2O3S/c1-14-12(17)13(18)15-6-10(16)9-7-19-11-5-3-2-4-8(9)11/h2-5,7,10,16H,6H2,1H3,(H,14,17)(H,15,18). The van der Waals surface area contributed by atoms with Crippen molar-refractivity contribution in [2.75, 3.05) is 13.6 Å². The van der Waals surface area contributed by atoms with Crippen LogP contribution in [0.1, 0.15) is 11.7 Å². The molecule has 5 nitrogen and oxygen atoms in total. The van der Waals surface area contributed by atoms with Crippen molar-refractivity contribution in [3.05, 3.63) is 35.2 Å². The van der Waals surface area contributed by atoms with Crippen molar-refractivity contribution >= 4 is 33.2 Å². The summed E-state index contributed by atoms with van der Waals surface area (Å²) < 4.78 is 1.08. The molecule has 0 radical (unpaired) electrons. The van der Waals surface area contributed by atoms with Gasteiger partial charge in [-0.3, -0.25) is 9.59 Å². The second kappa shape index (κ2) is 5.81. The Morgan fingerprint density at radius 3 is 2.79 bits per heavy atom. The minimum atomic E-state index is -0.829. The Hall–Kier alpha value is -1.92. The maximum absolute atomic E-state index is 11.3. The normalized spacial score (nSPS) is 12.1. The molecular formula is C13H14N2O3S. The van der Waals surface area contributed by atoms with Crippen LogP contribution in [0.5, 0.6) is 0 Å². The zero-order valence-corrected chi connectivity index (χ0v) is 11.2. The molecule has 0 bridgehead atoms. The van der Waals surface area contributed by atoms with E-state index in [0.29, 0.717) is 0 Å². The van der Waals surface area contributed by atoms with Gasteiger partial charge in [0.25, 0.3) is 0 Å². The maximum atomic E-state index is 11.3. The summed E-state index contributed by atoms with van der Waals surface area (Å²) in [7, 11) is 1.38. The van der Waals surface area contributed by atoms with E-state index in [4.69, 9.17) is 0 Å². The Labute approximate surface area is 114 Å². The molecule has 2 aromatic rings. The molecule has 0 spiro atoms. The van der Waals surface area contributed by atoms with Crippen molar-refractivity contribution in [2.45, 2.75) is 6.10 Å². The summed E-state index contributed by atoms with van der Waals surface area (Å²) in [4.78, 5) is 22.3. The van der Waals surface area contributed by atoms with E-state index < -0.39 is 17.9 Å². The third kappa shape index (κ3) is 2.91. The number of aliphatic hydroxyl groups excluding tert-OH is 1. The van der Waals surface area contributed by atoms with Crippen molar-refractivity contribution in [1.82, 2.24) is 10.6 Å². The number of amides is 2. The summed E-state index contributed by atoms with van der Waals surface area (Å²) in [5.74, 6) is -1.47. The fraction of sp³-hybridized carbons (Fsp3) is 0.231. The average Bonchev–Trinajstić information content (AvgIpc) is 2.87. The van der Waals surface area contributed by atoms with E-state index in [9.17, 15) is 14.7 Å². The first-order valence-electron chi connectivity index (χ1n) is 5.77. The predicted octanol–water partition coefficient (Wildman–Crippen LogP) is 0.797. The summed E-state index contributed by atoms with van der Waals surface area (Å²) in [5, 5.41) is 17.5. The number of carbonyl (C=O) groups excluding carboxylic acids is 2. The van der Waals surface area contributed by atoms with Crippen LogP contribution in [0, 0.1) is 0 Å². The molecule has 2 rings (SSSR count). The van der Waals surface area contributed by atoms with Crippen LogP contribution in [0.25, 0.3) is 10.1 Å². The molecule has 1 heterocycles. The SMILES string of the molecule is CNC(=O)C(=O)NCC(O)c1csc2ccccc12. The molecule has 19 heavy (non-hydrogen) atoms. The van der Waals surface area contributed by atoms with Crippen molar-refractivity contribution in [1.29, 1.82) is 0 Å². The van der Waals surface area contributed by atoms with Crippen LogP contribution in [-0.2, 0) is 9.59 Å². The highest BCUT2D eigenvalue weighted by Crippen LogP contribution is 2.29. The molecular weight excluding hydrogens is 264 g/mol. The Kier molecular flexibility index (Phi) is 4.13. The number of likely N-dealkylation sites (N-methyl/N-ethyl adjacent to an activating group) is 1. The first kappa shape index (κ1) is 13.5. The van der Waals surface area contributed by atoms with Gasteiger partial charge in [0.2, 0.25) is 0 Å². The van der Waals surface area contributed by atoms with Gasteiger partial charge in [-0.05, 0) is 16.8 Å². The second-order valence-electron chi connectivity index (χ2n) is 3.99. The number of hydrogen-bond acceptors (Lipinski definition) is 4. The lowest BCUT2D eigenvalue weighted by Crippen LogP contribution is -2.39. The van der Waals surface area contributed by atoms with Crippen LogP contribution in [0.3, 0.4) is 0 Å². The second-order valence-corrected chi connectivity index (χ2v) is 4.90. The van der Waals surface area contributed by atoms with Gasteiger partial charge < -0.3 is 15.7 Å². The predicted molar refractivity (Wildman–Crippen MR) is 73.9 cm³/mol. The number of nitrogens with one attached hydrogen (secondary N) is 2. The summed E-state index contributed by atoms with van der Waals surface area (Å²) in [6.45, 7) is 0.00693. The third-order valence-electron chi connectivity index (χ3n) is 2.76. The molecule has 3 N–H and O–H groups in total. The molecule has 0 aliphatic carbocycles. The molecule has 6 heteroatoms. The van der Waals surface area contributed by atoms with Gasteiger partial charge >= 0.3 is 11.8 Å². The van der Waals surface area contributed by atoms with Crippen LogP contribution in [0.15, 0.2) is 29.6 Å². The first-order valence-corrected chi connectivity index (χ1v) is 6.65. The van der Waals surface area contributed by atoms with Gasteiger partial charge in [0.15, 0.2) is 0 Å². The van der Waals surface area contributed by atoms with Gasteiger partial charge in [-0.2, -0.15) is 0 Å². The molecule has 1 atom stereocenters. The lowest BCUT2D eigenvalue weighted by Gasteiger charge is -2.10. The maximum Gasteiger partial charge on any atom is 0.309 e. The smallest absolute Gasteiger partial charge is 0.309 e. The molecule has 1 aromatic heterocycles. The van der Waals surface area contributed by atoms with Crippen LogP contribution >= 0.6 is 11.3 Å². The number of aliphatic hydroxyl groups is 1. The van der Waals surface area contributed by atoms with E-state index in [1.54, 1.807) is 0 Å². The Bertz CT molecular complexity index is 609. The van der Waals surface area contributed by atoms with Gasteiger partial charge in [-0.15, -0.1) is 11.3 Å². The van der Waals surface area contributed by atoms with E-state index in [0.717, 1.165) is 15.6 Å². The summed E-state index contributed by atoms with van der Waals surface area (Å²) >= 11 is 1.54. The zero-order valence-electron chi connectivity index (χ0n) is 10.3. The molecule has 1 unspecified atom stereocenters. The zero-order chi connectivity index (χ0) is 13.8.